The normalized spacial score (nSPS) is 12.6. The third kappa shape index (κ3) is 3.73. The molecule has 2 aromatic rings. The highest BCUT2D eigenvalue weighted by Gasteiger charge is 2.13. The lowest BCUT2D eigenvalue weighted by atomic mass is 10.1. The molecule has 0 radical (unpaired) electrons. The van der Waals surface area contributed by atoms with Crippen LogP contribution in [0.4, 0.5) is 0 Å². The predicted octanol–water partition coefficient (Wildman–Crippen LogP) is 2.09. The van der Waals surface area contributed by atoms with E-state index in [-0.39, 0.29) is 11.5 Å². The van der Waals surface area contributed by atoms with Gasteiger partial charge in [-0.3, -0.25) is 4.90 Å². The molecule has 0 bridgehead atoms. The number of likely N-dealkylation sites (N-methyl/N-ethyl adjacent to an activating group) is 1. The first-order valence-corrected chi connectivity index (χ1v) is 6.49. The van der Waals surface area contributed by atoms with E-state index in [2.05, 4.69) is 0 Å². The maximum Gasteiger partial charge on any atom is 0.157 e. The molecule has 0 unspecified atom stereocenters. The van der Waals surface area contributed by atoms with Gasteiger partial charge in [0.1, 0.15) is 6.23 Å². The monoisotopic (exact) mass is 273 g/mol. The van der Waals surface area contributed by atoms with Crippen LogP contribution >= 0.6 is 0 Å². The van der Waals surface area contributed by atoms with Crippen molar-refractivity contribution < 1.29 is 15.3 Å². The minimum absolute atomic E-state index is 0.152. The van der Waals surface area contributed by atoms with Crippen LogP contribution in [-0.2, 0) is 13.0 Å². The second-order valence-corrected chi connectivity index (χ2v) is 4.91. The van der Waals surface area contributed by atoms with Gasteiger partial charge in [0.15, 0.2) is 11.5 Å². The minimum atomic E-state index is -0.654. The quantitative estimate of drug-likeness (QED) is 0.576. The van der Waals surface area contributed by atoms with Crippen molar-refractivity contribution in [2.24, 2.45) is 0 Å². The van der Waals surface area contributed by atoms with Crippen molar-refractivity contribution in [1.82, 2.24) is 4.90 Å². The highest BCUT2D eigenvalue weighted by Crippen LogP contribution is 2.25. The van der Waals surface area contributed by atoms with Crippen LogP contribution in [-0.4, -0.2) is 33.5 Å². The van der Waals surface area contributed by atoms with Gasteiger partial charge >= 0.3 is 0 Å². The molecule has 0 heterocycles. The minimum Gasteiger partial charge on any atom is -0.504 e. The van der Waals surface area contributed by atoms with Gasteiger partial charge in [-0.1, -0.05) is 36.4 Å². The van der Waals surface area contributed by atoms with Crippen molar-refractivity contribution in [3.05, 3.63) is 59.7 Å². The Balaban J connectivity index is 1.96. The summed E-state index contributed by atoms with van der Waals surface area (Å²) in [6, 6.07) is 14.5. The third-order valence-corrected chi connectivity index (χ3v) is 3.24. The Kier molecular flexibility index (Phi) is 4.61. The number of aliphatic hydroxyl groups excluding tert-OH is 1. The summed E-state index contributed by atoms with van der Waals surface area (Å²) in [4.78, 5) is 1.83. The zero-order valence-electron chi connectivity index (χ0n) is 11.4. The molecule has 20 heavy (non-hydrogen) atoms. The van der Waals surface area contributed by atoms with Crippen molar-refractivity contribution in [2.75, 3.05) is 7.05 Å². The molecule has 0 spiro atoms. The molecule has 106 valence electrons. The zero-order valence-corrected chi connectivity index (χ0v) is 11.4. The predicted molar refractivity (Wildman–Crippen MR) is 77.4 cm³/mol. The first-order valence-electron chi connectivity index (χ1n) is 6.49. The van der Waals surface area contributed by atoms with E-state index in [1.807, 2.05) is 42.3 Å². The van der Waals surface area contributed by atoms with Crippen LogP contribution in [0.2, 0.25) is 0 Å². The average Bonchev–Trinajstić information content (AvgIpc) is 2.44. The number of aromatic hydroxyl groups is 2. The summed E-state index contributed by atoms with van der Waals surface area (Å²) in [5, 5.41) is 28.9. The topological polar surface area (TPSA) is 63.9 Å². The summed E-state index contributed by atoms with van der Waals surface area (Å²) in [7, 11) is 1.85. The average molecular weight is 273 g/mol. The lowest BCUT2D eigenvalue weighted by molar-refractivity contribution is 0.0175. The molecule has 1 atom stereocenters. The highest BCUT2D eigenvalue weighted by atomic mass is 16.3. The van der Waals surface area contributed by atoms with Gasteiger partial charge < -0.3 is 15.3 Å². The van der Waals surface area contributed by atoms with Crippen LogP contribution in [0.5, 0.6) is 11.5 Å². The molecule has 4 heteroatoms. The second kappa shape index (κ2) is 6.41. The van der Waals surface area contributed by atoms with Crippen molar-refractivity contribution in [2.45, 2.75) is 19.2 Å². The summed E-state index contributed by atoms with van der Waals surface area (Å²) in [6.07, 6.45) is -0.267. The van der Waals surface area contributed by atoms with Gasteiger partial charge in [0.05, 0.1) is 0 Å². The van der Waals surface area contributed by atoms with Gasteiger partial charge in [-0.2, -0.15) is 0 Å². The Morgan fingerprint density at radius 3 is 2.30 bits per heavy atom. The number of nitrogens with zero attached hydrogens (tertiary/aromatic N) is 1. The standard InChI is InChI=1S/C16H19NO3/c1-17(11-12-5-3-2-4-6-12)16(20)10-13-7-8-14(18)15(19)9-13/h2-9,16,18-20H,10-11H2,1H3/t16-/m1/s1. The van der Waals surface area contributed by atoms with Gasteiger partial charge in [-0.15, -0.1) is 0 Å². The molecule has 0 saturated carbocycles. The molecule has 0 aromatic heterocycles. The van der Waals surface area contributed by atoms with E-state index in [0.717, 1.165) is 11.1 Å². The molecule has 3 N–H and O–H groups in total. The van der Waals surface area contributed by atoms with Crippen LogP contribution in [0.15, 0.2) is 48.5 Å². The van der Waals surface area contributed by atoms with Crippen LogP contribution in [0, 0.1) is 0 Å². The summed E-state index contributed by atoms with van der Waals surface area (Å²) < 4.78 is 0. The fraction of sp³-hybridized carbons (Fsp3) is 0.250. The molecule has 0 aliphatic rings. The summed E-state index contributed by atoms with van der Waals surface area (Å²) in [5.74, 6) is -0.318. The SMILES string of the molecule is CN(Cc1ccccc1)[C@H](O)Cc1ccc(O)c(O)c1. The zero-order chi connectivity index (χ0) is 14.5. The number of phenols is 2. The van der Waals surface area contributed by atoms with E-state index >= 15 is 0 Å². The Bertz CT molecular complexity index is 557. The van der Waals surface area contributed by atoms with Gasteiger partial charge in [-0.05, 0) is 30.3 Å². The van der Waals surface area contributed by atoms with E-state index in [9.17, 15) is 15.3 Å². The number of hydrogen-bond donors (Lipinski definition) is 3. The maximum absolute atomic E-state index is 10.2. The number of phenolic OH excluding ortho intramolecular Hbond substituents is 2. The Morgan fingerprint density at radius 2 is 1.65 bits per heavy atom. The molecular formula is C16H19NO3. The van der Waals surface area contributed by atoms with Crippen LogP contribution in [0.3, 0.4) is 0 Å². The molecule has 0 aliphatic heterocycles. The van der Waals surface area contributed by atoms with Gasteiger partial charge in [-0.25, -0.2) is 0 Å². The smallest absolute Gasteiger partial charge is 0.157 e. The van der Waals surface area contributed by atoms with Gasteiger partial charge in [0, 0.05) is 13.0 Å². The van der Waals surface area contributed by atoms with Crippen molar-refractivity contribution in [3.8, 4) is 11.5 Å². The molecule has 4 nitrogen and oxygen atoms in total. The Hall–Kier alpha value is -2.04. The molecule has 0 amide bonds. The molecule has 2 rings (SSSR count). The van der Waals surface area contributed by atoms with Crippen LogP contribution in [0.1, 0.15) is 11.1 Å². The second-order valence-electron chi connectivity index (χ2n) is 4.91. The third-order valence-electron chi connectivity index (χ3n) is 3.24. The van der Waals surface area contributed by atoms with Crippen LogP contribution < -0.4 is 0 Å². The first-order chi connectivity index (χ1) is 9.56. The van der Waals surface area contributed by atoms with Crippen molar-refractivity contribution >= 4 is 0 Å². The van der Waals surface area contributed by atoms with Gasteiger partial charge in [0.25, 0.3) is 0 Å². The fourth-order valence-corrected chi connectivity index (χ4v) is 2.04. The number of rotatable bonds is 5. The van der Waals surface area contributed by atoms with E-state index in [0.29, 0.717) is 13.0 Å². The number of benzene rings is 2. The van der Waals surface area contributed by atoms with E-state index in [4.69, 9.17) is 0 Å². The van der Waals surface area contributed by atoms with E-state index in [1.165, 1.54) is 12.1 Å². The Labute approximate surface area is 118 Å². The molecule has 0 fully saturated rings. The van der Waals surface area contributed by atoms with Gasteiger partial charge in [0.2, 0.25) is 0 Å². The molecule has 0 saturated heterocycles. The highest BCUT2D eigenvalue weighted by molar-refractivity contribution is 5.40. The molecule has 0 aliphatic carbocycles. The fourth-order valence-electron chi connectivity index (χ4n) is 2.04. The Morgan fingerprint density at radius 1 is 0.950 bits per heavy atom. The lowest BCUT2D eigenvalue weighted by Gasteiger charge is -2.23. The molecule has 2 aromatic carbocycles. The van der Waals surface area contributed by atoms with Crippen LogP contribution in [0.25, 0.3) is 0 Å². The summed E-state index contributed by atoms with van der Waals surface area (Å²) in [5.41, 5.74) is 1.90. The number of aliphatic hydroxyl groups is 1. The largest absolute Gasteiger partial charge is 0.504 e. The van der Waals surface area contributed by atoms with Crippen molar-refractivity contribution in [3.63, 3.8) is 0 Å². The van der Waals surface area contributed by atoms with E-state index in [1.54, 1.807) is 6.07 Å². The maximum atomic E-state index is 10.2. The first kappa shape index (κ1) is 14.4. The lowest BCUT2D eigenvalue weighted by Crippen LogP contribution is -2.32. The summed E-state index contributed by atoms with van der Waals surface area (Å²) in [6.45, 7) is 0.645. The van der Waals surface area contributed by atoms with E-state index < -0.39 is 6.23 Å². The molecular weight excluding hydrogens is 254 g/mol. The number of hydrogen-bond acceptors (Lipinski definition) is 4. The van der Waals surface area contributed by atoms with Crippen molar-refractivity contribution in [1.29, 1.82) is 0 Å². The summed E-state index contributed by atoms with van der Waals surface area (Å²) >= 11 is 0.